The Hall–Kier alpha value is -2.77. The average Bonchev–Trinajstić information content (AvgIpc) is 3.21. The van der Waals surface area contributed by atoms with Gasteiger partial charge in [0, 0.05) is 19.0 Å². The number of alkyl carbamates (subject to hydrolysis) is 1. The molecular weight excluding hydrogens is 422 g/mol. The number of ether oxygens (including phenoxy) is 2. The zero-order valence-electron chi connectivity index (χ0n) is 20.8. The van der Waals surface area contributed by atoms with Crippen molar-refractivity contribution in [2.45, 2.75) is 78.8 Å². The Morgan fingerprint density at radius 3 is 2.09 bits per heavy atom. The zero-order chi connectivity index (χ0) is 24.6. The molecule has 3 rings (SSSR count). The number of amides is 3. The quantitative estimate of drug-likeness (QED) is 0.740. The van der Waals surface area contributed by atoms with Crippen LogP contribution in [0.3, 0.4) is 0 Å². The van der Waals surface area contributed by atoms with Crippen molar-refractivity contribution in [2.24, 2.45) is 11.3 Å². The number of fused-ring (bicyclic) bond motifs is 2. The second-order valence-corrected chi connectivity index (χ2v) is 11.1. The predicted octanol–water partition coefficient (Wildman–Crippen LogP) is 3.79. The minimum absolute atomic E-state index is 0.0977. The topological polar surface area (TPSA) is 88.2 Å². The van der Waals surface area contributed by atoms with Gasteiger partial charge >= 0.3 is 12.2 Å². The highest BCUT2D eigenvalue weighted by molar-refractivity contribution is 5.87. The summed E-state index contributed by atoms with van der Waals surface area (Å²) in [6, 6.07) is 8.44. The first-order valence-electron chi connectivity index (χ1n) is 11.6. The molecule has 1 aromatic rings. The van der Waals surface area contributed by atoms with Crippen LogP contribution in [-0.2, 0) is 20.9 Å². The SMILES string of the molecule is C[C@H]1[C@H]2CN(C(=O)[C@@H](NC(=O)OCc3ccccc3)C(C)(C)C)[C@@H]1CN2C(=O)OC(C)(C)C. The van der Waals surface area contributed by atoms with Crippen molar-refractivity contribution >= 4 is 18.1 Å². The van der Waals surface area contributed by atoms with Crippen LogP contribution >= 0.6 is 0 Å². The summed E-state index contributed by atoms with van der Waals surface area (Å²) in [6.07, 6.45) is -0.969. The van der Waals surface area contributed by atoms with Crippen molar-refractivity contribution in [3.63, 3.8) is 0 Å². The molecule has 0 aromatic heterocycles. The largest absolute Gasteiger partial charge is 0.445 e. The predicted molar refractivity (Wildman–Crippen MR) is 124 cm³/mol. The standard InChI is InChI=1S/C25H37N3O5/c1-16-18-14-28(23(31)33-25(5,6)7)19(16)13-27(18)21(29)20(24(2,3)4)26-22(30)32-15-17-11-9-8-10-12-17/h8-12,16,18-20H,13-15H2,1-7H3,(H,26,30)/t16-,18-,19-,20-/m1/s1. The van der Waals surface area contributed by atoms with Crippen molar-refractivity contribution in [3.05, 3.63) is 35.9 Å². The van der Waals surface area contributed by atoms with Crippen LogP contribution in [0.15, 0.2) is 30.3 Å². The van der Waals surface area contributed by atoms with Gasteiger partial charge in [-0.3, -0.25) is 4.79 Å². The van der Waals surface area contributed by atoms with Gasteiger partial charge in [0.15, 0.2) is 0 Å². The van der Waals surface area contributed by atoms with E-state index < -0.39 is 23.2 Å². The van der Waals surface area contributed by atoms with E-state index in [1.165, 1.54) is 0 Å². The van der Waals surface area contributed by atoms with Crippen LogP contribution in [0.1, 0.15) is 54.0 Å². The molecule has 2 fully saturated rings. The van der Waals surface area contributed by atoms with E-state index in [0.29, 0.717) is 13.1 Å². The molecule has 182 valence electrons. The van der Waals surface area contributed by atoms with Gasteiger partial charge in [-0.2, -0.15) is 0 Å². The van der Waals surface area contributed by atoms with Crippen LogP contribution < -0.4 is 5.32 Å². The second kappa shape index (κ2) is 9.23. The van der Waals surface area contributed by atoms with Crippen LogP contribution in [0.5, 0.6) is 0 Å². The summed E-state index contributed by atoms with van der Waals surface area (Å²) in [6.45, 7) is 14.3. The molecular formula is C25H37N3O5. The van der Waals surface area contributed by atoms with Crippen LogP contribution in [0, 0.1) is 11.3 Å². The summed E-state index contributed by atoms with van der Waals surface area (Å²) in [5.41, 5.74) is -0.211. The maximum absolute atomic E-state index is 13.6. The van der Waals surface area contributed by atoms with Gasteiger partial charge in [0.05, 0.1) is 12.1 Å². The van der Waals surface area contributed by atoms with Gasteiger partial charge < -0.3 is 24.6 Å². The highest BCUT2D eigenvalue weighted by Gasteiger charge is 2.54. The van der Waals surface area contributed by atoms with Crippen LogP contribution in [-0.4, -0.2) is 64.7 Å². The molecule has 0 aliphatic carbocycles. The zero-order valence-corrected chi connectivity index (χ0v) is 20.8. The lowest BCUT2D eigenvalue weighted by Gasteiger charge is -2.39. The lowest BCUT2D eigenvalue weighted by atomic mass is 9.85. The average molecular weight is 460 g/mol. The molecule has 1 N–H and O–H groups in total. The van der Waals surface area contributed by atoms with Gasteiger partial charge in [-0.15, -0.1) is 0 Å². The van der Waals surface area contributed by atoms with Gasteiger partial charge in [0.25, 0.3) is 0 Å². The number of carbonyl (C=O) groups excluding carboxylic acids is 3. The number of hydrogen-bond donors (Lipinski definition) is 1. The molecule has 2 saturated heterocycles. The molecule has 8 nitrogen and oxygen atoms in total. The molecule has 4 atom stereocenters. The van der Waals surface area contributed by atoms with E-state index in [1.54, 1.807) is 4.90 Å². The summed E-state index contributed by atoms with van der Waals surface area (Å²) >= 11 is 0. The Morgan fingerprint density at radius 2 is 1.58 bits per heavy atom. The van der Waals surface area contributed by atoms with E-state index in [0.717, 1.165) is 5.56 Å². The van der Waals surface area contributed by atoms with Gasteiger partial charge in [-0.05, 0) is 31.7 Å². The third kappa shape index (κ3) is 5.78. The van der Waals surface area contributed by atoms with Crippen LogP contribution in [0.4, 0.5) is 9.59 Å². The molecule has 0 spiro atoms. The monoisotopic (exact) mass is 459 g/mol. The Labute approximate surface area is 196 Å². The van der Waals surface area contributed by atoms with E-state index in [4.69, 9.17) is 9.47 Å². The molecule has 0 radical (unpaired) electrons. The Bertz CT molecular complexity index is 874. The van der Waals surface area contributed by atoms with Crippen molar-refractivity contribution < 1.29 is 23.9 Å². The molecule has 2 bridgehead atoms. The minimum atomic E-state index is -0.748. The molecule has 2 aliphatic rings. The van der Waals surface area contributed by atoms with Gasteiger partial charge in [0.1, 0.15) is 18.2 Å². The van der Waals surface area contributed by atoms with E-state index in [-0.39, 0.29) is 36.6 Å². The van der Waals surface area contributed by atoms with Crippen molar-refractivity contribution in [1.82, 2.24) is 15.1 Å². The number of piperazine rings is 1. The number of hydrogen-bond acceptors (Lipinski definition) is 5. The Morgan fingerprint density at radius 1 is 1.00 bits per heavy atom. The lowest BCUT2D eigenvalue weighted by molar-refractivity contribution is -0.138. The molecule has 8 heteroatoms. The first-order chi connectivity index (χ1) is 15.3. The highest BCUT2D eigenvalue weighted by atomic mass is 16.6. The van der Waals surface area contributed by atoms with Crippen molar-refractivity contribution in [2.75, 3.05) is 13.1 Å². The fourth-order valence-electron chi connectivity index (χ4n) is 4.51. The number of rotatable bonds is 4. The second-order valence-electron chi connectivity index (χ2n) is 11.1. The Kier molecular flexibility index (Phi) is 6.96. The van der Waals surface area contributed by atoms with E-state index in [1.807, 2.05) is 76.8 Å². The molecule has 1 aromatic carbocycles. The van der Waals surface area contributed by atoms with Crippen LogP contribution in [0.2, 0.25) is 0 Å². The van der Waals surface area contributed by atoms with Crippen LogP contribution in [0.25, 0.3) is 0 Å². The maximum atomic E-state index is 13.6. The fraction of sp³-hybridized carbons (Fsp3) is 0.640. The number of nitrogens with one attached hydrogen (secondary N) is 1. The minimum Gasteiger partial charge on any atom is -0.445 e. The molecule has 33 heavy (non-hydrogen) atoms. The summed E-state index contributed by atoms with van der Waals surface area (Å²) in [5, 5.41) is 2.79. The fourth-order valence-corrected chi connectivity index (χ4v) is 4.51. The maximum Gasteiger partial charge on any atom is 0.410 e. The van der Waals surface area contributed by atoms with E-state index in [2.05, 4.69) is 12.2 Å². The van der Waals surface area contributed by atoms with Gasteiger partial charge in [-0.25, -0.2) is 9.59 Å². The first kappa shape index (κ1) is 24.9. The third-order valence-electron chi connectivity index (χ3n) is 6.28. The summed E-state index contributed by atoms with van der Waals surface area (Å²) in [7, 11) is 0. The van der Waals surface area contributed by atoms with E-state index in [9.17, 15) is 14.4 Å². The molecule has 3 amide bonds. The molecule has 2 aliphatic heterocycles. The normalized spacial score (nSPS) is 23.3. The first-order valence-corrected chi connectivity index (χ1v) is 11.6. The molecule has 2 heterocycles. The molecule has 0 saturated carbocycles. The number of likely N-dealkylation sites (tertiary alicyclic amines) is 2. The van der Waals surface area contributed by atoms with Crippen molar-refractivity contribution in [1.29, 1.82) is 0 Å². The summed E-state index contributed by atoms with van der Waals surface area (Å²) in [4.78, 5) is 42.3. The lowest BCUT2D eigenvalue weighted by Crippen LogP contribution is -2.59. The number of nitrogens with zero attached hydrogens (tertiary/aromatic N) is 2. The number of carbonyl (C=O) groups is 3. The smallest absolute Gasteiger partial charge is 0.410 e. The summed E-state index contributed by atoms with van der Waals surface area (Å²) in [5.74, 6) is -0.0190. The van der Waals surface area contributed by atoms with Gasteiger partial charge in [-0.1, -0.05) is 58.0 Å². The Balaban J connectivity index is 1.65. The highest BCUT2D eigenvalue weighted by Crippen LogP contribution is 2.38. The van der Waals surface area contributed by atoms with Gasteiger partial charge in [0.2, 0.25) is 5.91 Å². The molecule has 0 unspecified atom stereocenters. The summed E-state index contributed by atoms with van der Waals surface area (Å²) < 4.78 is 10.9. The number of benzene rings is 1. The van der Waals surface area contributed by atoms with E-state index >= 15 is 0 Å². The third-order valence-corrected chi connectivity index (χ3v) is 6.28. The van der Waals surface area contributed by atoms with Crippen molar-refractivity contribution in [3.8, 4) is 0 Å².